The van der Waals surface area contributed by atoms with Gasteiger partial charge in [0, 0.05) is 0 Å². The first-order chi connectivity index (χ1) is 9.25. The Balaban J connectivity index is 3.03. The van der Waals surface area contributed by atoms with Gasteiger partial charge in [-0.25, -0.2) is 8.88 Å². The third kappa shape index (κ3) is 4.49. The molecule has 0 aliphatic carbocycles. The highest BCUT2D eigenvalue weighted by molar-refractivity contribution is 7.67. The average molecular weight is 380 g/mol. The summed E-state index contributed by atoms with van der Waals surface area (Å²) in [6.45, 7) is 0. The molecule has 0 atom stereocenters. The van der Waals surface area contributed by atoms with Gasteiger partial charge in [0.2, 0.25) is 0 Å². The molecule has 0 fully saturated rings. The zero-order valence-corrected chi connectivity index (χ0v) is 12.6. The second-order valence-electron chi connectivity index (χ2n) is 2.96. The summed E-state index contributed by atoms with van der Waals surface area (Å²) < 4.78 is 98.6. The molecule has 0 aromatic heterocycles. The van der Waals surface area contributed by atoms with Crippen LogP contribution in [0.2, 0.25) is 0 Å². The van der Waals surface area contributed by atoms with Gasteiger partial charge in [0.25, 0.3) is 0 Å². The van der Waals surface area contributed by atoms with Crippen LogP contribution in [0.3, 0.4) is 0 Å². The second-order valence-corrected chi connectivity index (χ2v) is 6.91. The summed E-state index contributed by atoms with van der Waals surface area (Å²) >= 11 is 0. The lowest BCUT2D eigenvalue weighted by Crippen LogP contribution is -2.04. The zero-order chi connectivity index (χ0) is 15.4. The smallest absolute Gasteiger partial charge is 0.224 e. The van der Waals surface area contributed by atoms with Crippen molar-refractivity contribution in [2.75, 3.05) is 8.88 Å². The van der Waals surface area contributed by atoms with Gasteiger partial charge < -0.3 is 0 Å². The number of benzene rings is 1. The maximum Gasteiger partial charge on any atom is 0.381 e. The molecule has 0 amide bonds. The topological polar surface area (TPSA) is 6.48 Å². The standard InChI is InChI=1S/C6H4F8N2P4/c7-17(8)15(18(9)10)5-1-2-6(4-3-5)16(19(11)12)20(13)14/h1-4H. The van der Waals surface area contributed by atoms with Gasteiger partial charge in [-0.1, -0.05) is 0 Å². The molecule has 0 aliphatic heterocycles. The SMILES string of the molecule is FP(F)N(c1ccc(N(P(F)F)P(F)F)cc1)P(F)F. The first-order valence-corrected chi connectivity index (χ1v) is 8.73. The molecule has 114 valence electrons. The molecule has 0 radical (unpaired) electrons. The molecule has 1 aromatic carbocycles. The van der Waals surface area contributed by atoms with Crippen molar-refractivity contribution < 1.29 is 33.6 Å². The van der Waals surface area contributed by atoms with E-state index < -0.39 is 55.0 Å². The largest absolute Gasteiger partial charge is 0.381 e. The van der Waals surface area contributed by atoms with Gasteiger partial charge in [0.05, 0.1) is 11.4 Å². The average Bonchev–Trinajstić information content (AvgIpc) is 2.29. The van der Waals surface area contributed by atoms with E-state index >= 15 is 0 Å². The highest BCUT2D eigenvalue weighted by Crippen LogP contribution is 2.64. The Morgan fingerprint density at radius 2 is 0.700 bits per heavy atom. The third-order valence-electron chi connectivity index (χ3n) is 1.88. The first-order valence-electron chi connectivity index (χ1n) is 4.42. The van der Waals surface area contributed by atoms with Crippen LogP contribution < -0.4 is 8.88 Å². The molecule has 0 N–H and O–H groups in total. The summed E-state index contributed by atoms with van der Waals surface area (Å²) in [5, 5.41) is 0. The maximum atomic E-state index is 12.4. The lowest BCUT2D eigenvalue weighted by atomic mass is 10.3. The van der Waals surface area contributed by atoms with Crippen LogP contribution in [0, 0.1) is 0 Å². The van der Waals surface area contributed by atoms with Crippen molar-refractivity contribution in [3.63, 3.8) is 0 Å². The van der Waals surface area contributed by atoms with E-state index in [4.69, 9.17) is 0 Å². The van der Waals surface area contributed by atoms with E-state index in [1.165, 1.54) is 0 Å². The Bertz CT molecular complexity index is 363. The van der Waals surface area contributed by atoms with Crippen LogP contribution in [0.25, 0.3) is 0 Å². The maximum absolute atomic E-state index is 12.4. The summed E-state index contributed by atoms with van der Waals surface area (Å²) in [5.41, 5.74) is -1.21. The second kappa shape index (κ2) is 7.84. The van der Waals surface area contributed by atoms with Crippen molar-refractivity contribution in [1.82, 2.24) is 0 Å². The molecule has 1 rings (SSSR count). The van der Waals surface area contributed by atoms with E-state index in [1.807, 2.05) is 0 Å². The molecule has 14 heteroatoms. The van der Waals surface area contributed by atoms with E-state index in [0.717, 1.165) is 0 Å². The van der Waals surface area contributed by atoms with E-state index in [-0.39, 0.29) is 0 Å². The fourth-order valence-corrected chi connectivity index (χ4v) is 3.22. The zero-order valence-electron chi connectivity index (χ0n) is 9.02. The highest BCUT2D eigenvalue weighted by Gasteiger charge is 2.32. The van der Waals surface area contributed by atoms with E-state index in [9.17, 15) is 33.6 Å². The molecule has 0 saturated carbocycles. The van der Waals surface area contributed by atoms with Crippen LogP contribution >= 0.6 is 34.8 Å². The van der Waals surface area contributed by atoms with E-state index in [0.29, 0.717) is 24.3 Å². The van der Waals surface area contributed by atoms with Crippen LogP contribution in [-0.4, -0.2) is 0 Å². The summed E-state index contributed by atoms with van der Waals surface area (Å²) in [4.78, 5) is 0. The molecule has 0 saturated heterocycles. The number of anilines is 2. The minimum absolute atomic E-state index is 0.444. The summed E-state index contributed by atoms with van der Waals surface area (Å²) in [7, 11) is -16.5. The Kier molecular flexibility index (Phi) is 7.07. The Morgan fingerprint density at radius 3 is 0.850 bits per heavy atom. The van der Waals surface area contributed by atoms with Crippen molar-refractivity contribution in [3.8, 4) is 0 Å². The Hall–Kier alpha value is -0.0200. The number of nitrogens with zero attached hydrogens (tertiary/aromatic N) is 2. The molecule has 20 heavy (non-hydrogen) atoms. The number of halogens is 8. The van der Waals surface area contributed by atoms with Crippen molar-refractivity contribution in [3.05, 3.63) is 24.3 Å². The minimum Gasteiger partial charge on any atom is -0.224 e. The Morgan fingerprint density at radius 1 is 0.500 bits per heavy atom. The molecule has 1 aromatic rings. The molecule has 2 nitrogen and oxygen atoms in total. The predicted molar refractivity (Wildman–Crippen MR) is 67.9 cm³/mol. The monoisotopic (exact) mass is 380 g/mol. The number of hydrogen-bond acceptors (Lipinski definition) is 2. The minimum atomic E-state index is -4.12. The van der Waals surface area contributed by atoms with Crippen LogP contribution in [0.1, 0.15) is 0 Å². The van der Waals surface area contributed by atoms with Crippen LogP contribution in [0.15, 0.2) is 24.3 Å². The number of rotatable bonds is 6. The lowest BCUT2D eigenvalue weighted by molar-refractivity contribution is 0.712. The molecule has 0 unspecified atom stereocenters. The van der Waals surface area contributed by atoms with Crippen LogP contribution in [-0.2, 0) is 0 Å². The van der Waals surface area contributed by atoms with Gasteiger partial charge in [0.15, 0.2) is 0 Å². The van der Waals surface area contributed by atoms with Crippen LogP contribution in [0.5, 0.6) is 0 Å². The summed E-state index contributed by atoms with van der Waals surface area (Å²) in [5.74, 6) is 0. The highest BCUT2D eigenvalue weighted by atomic mass is 31.3. The van der Waals surface area contributed by atoms with Gasteiger partial charge in [-0.3, -0.25) is 0 Å². The molecule has 0 bridgehead atoms. The summed E-state index contributed by atoms with van der Waals surface area (Å²) in [6, 6.07) is 2.73. The van der Waals surface area contributed by atoms with Gasteiger partial charge in [0.1, 0.15) is 0 Å². The molecule has 0 heterocycles. The lowest BCUT2D eigenvalue weighted by Gasteiger charge is -2.22. The molecular weight excluding hydrogens is 376 g/mol. The summed E-state index contributed by atoms with van der Waals surface area (Å²) in [6.07, 6.45) is 0. The number of hydrogen-bond donors (Lipinski definition) is 0. The van der Waals surface area contributed by atoms with Gasteiger partial charge in [-0.15, -0.1) is 0 Å². The fourth-order valence-electron chi connectivity index (χ4n) is 1.17. The third-order valence-corrected chi connectivity index (χ3v) is 5.58. The van der Waals surface area contributed by atoms with Gasteiger partial charge >= 0.3 is 34.8 Å². The quantitative estimate of drug-likeness (QED) is 0.365. The van der Waals surface area contributed by atoms with E-state index in [2.05, 4.69) is 0 Å². The van der Waals surface area contributed by atoms with Crippen molar-refractivity contribution in [2.24, 2.45) is 0 Å². The molecule has 0 spiro atoms. The molecular formula is C6H4F8N2P4. The van der Waals surface area contributed by atoms with E-state index in [1.54, 1.807) is 0 Å². The predicted octanol–water partition coefficient (Wildman–Crippen LogP) is 7.96. The Labute approximate surface area is 113 Å². The first kappa shape index (κ1) is 18.0. The van der Waals surface area contributed by atoms with Gasteiger partial charge in [-0.05, 0) is 24.3 Å². The normalized spacial score (nSPS) is 11.8. The molecule has 0 aliphatic rings. The van der Waals surface area contributed by atoms with Crippen molar-refractivity contribution in [2.45, 2.75) is 0 Å². The van der Waals surface area contributed by atoms with Crippen LogP contribution in [0.4, 0.5) is 45.0 Å². The van der Waals surface area contributed by atoms with Gasteiger partial charge in [-0.2, -0.15) is 33.6 Å². The van der Waals surface area contributed by atoms with Crippen molar-refractivity contribution in [1.29, 1.82) is 0 Å². The van der Waals surface area contributed by atoms with Crippen molar-refractivity contribution >= 4 is 46.1 Å². The fraction of sp³-hybridized carbons (Fsp3) is 0.